The smallest absolute Gasteiger partial charge is 0.114 e. The highest BCUT2D eigenvalue weighted by molar-refractivity contribution is 5.55. The summed E-state index contributed by atoms with van der Waals surface area (Å²) in [6.45, 7) is 7.55. The van der Waals surface area contributed by atoms with Crippen LogP contribution in [0.4, 0.5) is 0 Å². The molecule has 2 rings (SSSR count). The lowest BCUT2D eigenvalue weighted by Gasteiger charge is -2.21. The van der Waals surface area contributed by atoms with Crippen molar-refractivity contribution in [1.82, 2.24) is 20.0 Å². The first-order valence-electron chi connectivity index (χ1n) is 5.91. The van der Waals surface area contributed by atoms with Gasteiger partial charge in [0.2, 0.25) is 0 Å². The Kier molecular flexibility index (Phi) is 3.22. The molecule has 2 aromatic heterocycles. The predicted octanol–water partition coefficient (Wildman–Crippen LogP) is 2.78. The molecule has 0 fully saturated rings. The summed E-state index contributed by atoms with van der Waals surface area (Å²) in [5, 5.41) is 8.34. The van der Waals surface area contributed by atoms with Gasteiger partial charge in [-0.15, -0.1) is 5.10 Å². The molecule has 2 aromatic rings. The maximum atomic E-state index is 4.18. The minimum Gasteiger partial charge on any atom is -0.264 e. The topological polar surface area (TPSA) is 43.6 Å². The van der Waals surface area contributed by atoms with Crippen LogP contribution >= 0.6 is 0 Å². The highest BCUT2D eigenvalue weighted by Gasteiger charge is 2.17. The maximum absolute atomic E-state index is 4.18. The molecule has 0 aliphatic heterocycles. The van der Waals surface area contributed by atoms with Crippen LogP contribution in [0.15, 0.2) is 30.7 Å². The fraction of sp³-hybridized carbons (Fsp3) is 0.462. The molecule has 0 unspecified atom stereocenters. The van der Waals surface area contributed by atoms with Crippen LogP contribution in [0.5, 0.6) is 0 Å². The normalized spacial score (nSPS) is 11.7. The highest BCUT2D eigenvalue weighted by atomic mass is 15.4. The average Bonchev–Trinajstić information content (AvgIpc) is 2.78. The number of hydrogen-bond donors (Lipinski definition) is 0. The third-order valence-corrected chi connectivity index (χ3v) is 3.04. The first-order valence-corrected chi connectivity index (χ1v) is 5.91. The Morgan fingerprint density at radius 3 is 2.82 bits per heavy atom. The van der Waals surface area contributed by atoms with Gasteiger partial charge in [-0.1, -0.05) is 26.0 Å². The number of pyridine rings is 1. The third-order valence-electron chi connectivity index (χ3n) is 3.04. The van der Waals surface area contributed by atoms with Gasteiger partial charge >= 0.3 is 0 Å². The fourth-order valence-electron chi connectivity index (χ4n) is 1.57. The molecule has 4 heteroatoms. The van der Waals surface area contributed by atoms with Crippen LogP contribution < -0.4 is 0 Å². The SMILES string of the molecule is CCC(C)(C)Cn1cc(-c2cccnc2)nn1. The number of nitrogens with zero attached hydrogens (tertiary/aromatic N) is 4. The second kappa shape index (κ2) is 4.65. The van der Waals surface area contributed by atoms with Gasteiger partial charge in [-0.3, -0.25) is 9.67 Å². The molecule has 4 nitrogen and oxygen atoms in total. The van der Waals surface area contributed by atoms with Gasteiger partial charge in [-0.2, -0.15) is 0 Å². The lowest BCUT2D eigenvalue weighted by atomic mass is 9.90. The van der Waals surface area contributed by atoms with Crippen LogP contribution in [0.3, 0.4) is 0 Å². The zero-order chi connectivity index (χ0) is 12.3. The van der Waals surface area contributed by atoms with E-state index in [-0.39, 0.29) is 5.41 Å². The van der Waals surface area contributed by atoms with Crippen molar-refractivity contribution in [2.24, 2.45) is 5.41 Å². The van der Waals surface area contributed by atoms with E-state index in [0.29, 0.717) is 0 Å². The van der Waals surface area contributed by atoms with Crippen LogP contribution in [-0.2, 0) is 6.54 Å². The minimum absolute atomic E-state index is 0.250. The molecular weight excluding hydrogens is 212 g/mol. The molecule has 0 saturated carbocycles. The van der Waals surface area contributed by atoms with Crippen molar-refractivity contribution in [2.45, 2.75) is 33.7 Å². The minimum atomic E-state index is 0.250. The van der Waals surface area contributed by atoms with E-state index < -0.39 is 0 Å². The summed E-state index contributed by atoms with van der Waals surface area (Å²) in [5.74, 6) is 0. The Balaban J connectivity index is 2.17. The van der Waals surface area contributed by atoms with Crippen LogP contribution in [0, 0.1) is 5.41 Å². The molecule has 0 radical (unpaired) electrons. The lowest BCUT2D eigenvalue weighted by molar-refractivity contribution is 0.277. The Hall–Kier alpha value is -1.71. The van der Waals surface area contributed by atoms with Crippen LogP contribution in [0.25, 0.3) is 11.3 Å². The van der Waals surface area contributed by atoms with Crippen molar-refractivity contribution in [1.29, 1.82) is 0 Å². The zero-order valence-electron chi connectivity index (χ0n) is 10.6. The summed E-state index contributed by atoms with van der Waals surface area (Å²) < 4.78 is 1.91. The first-order chi connectivity index (χ1) is 8.11. The van der Waals surface area contributed by atoms with Gasteiger partial charge < -0.3 is 0 Å². The maximum Gasteiger partial charge on any atom is 0.114 e. The molecule has 0 spiro atoms. The highest BCUT2D eigenvalue weighted by Crippen LogP contribution is 2.22. The lowest BCUT2D eigenvalue weighted by Crippen LogP contribution is -2.18. The third kappa shape index (κ3) is 2.90. The summed E-state index contributed by atoms with van der Waals surface area (Å²) in [7, 11) is 0. The van der Waals surface area contributed by atoms with Crippen molar-refractivity contribution in [3.8, 4) is 11.3 Å². The molecule has 0 aromatic carbocycles. The largest absolute Gasteiger partial charge is 0.264 e. The first kappa shape index (κ1) is 11.8. The molecule has 90 valence electrons. The Morgan fingerprint density at radius 2 is 2.18 bits per heavy atom. The number of rotatable bonds is 4. The van der Waals surface area contributed by atoms with E-state index in [1.165, 1.54) is 0 Å². The Labute approximate surface area is 102 Å². The molecule has 2 heterocycles. The summed E-state index contributed by atoms with van der Waals surface area (Å²) in [4.78, 5) is 4.08. The van der Waals surface area contributed by atoms with Crippen LogP contribution in [0.1, 0.15) is 27.2 Å². The fourth-order valence-corrected chi connectivity index (χ4v) is 1.57. The molecule has 0 aliphatic rings. The summed E-state index contributed by atoms with van der Waals surface area (Å²) in [5.41, 5.74) is 2.14. The number of hydrogen-bond acceptors (Lipinski definition) is 3. The van der Waals surface area contributed by atoms with Gasteiger partial charge in [0, 0.05) is 24.5 Å². The summed E-state index contributed by atoms with van der Waals surface area (Å²) in [6.07, 6.45) is 6.66. The molecule has 0 saturated heterocycles. The van der Waals surface area contributed by atoms with Crippen molar-refractivity contribution in [3.63, 3.8) is 0 Å². The van der Waals surface area contributed by atoms with E-state index in [0.717, 1.165) is 24.2 Å². The summed E-state index contributed by atoms with van der Waals surface area (Å²) >= 11 is 0. The van der Waals surface area contributed by atoms with E-state index in [1.807, 2.05) is 23.0 Å². The molecule has 0 amide bonds. The van der Waals surface area contributed by atoms with Gasteiger partial charge in [0.05, 0.1) is 6.20 Å². The second-order valence-corrected chi connectivity index (χ2v) is 5.06. The van der Waals surface area contributed by atoms with Crippen molar-refractivity contribution in [3.05, 3.63) is 30.7 Å². The van der Waals surface area contributed by atoms with Crippen LogP contribution in [0.2, 0.25) is 0 Å². The Bertz CT molecular complexity index is 473. The Morgan fingerprint density at radius 1 is 1.35 bits per heavy atom. The number of aromatic nitrogens is 4. The molecule has 17 heavy (non-hydrogen) atoms. The zero-order valence-corrected chi connectivity index (χ0v) is 10.6. The summed E-state index contributed by atoms with van der Waals surface area (Å²) in [6, 6.07) is 3.90. The van der Waals surface area contributed by atoms with Gasteiger partial charge in [0.15, 0.2) is 0 Å². The quantitative estimate of drug-likeness (QED) is 0.811. The van der Waals surface area contributed by atoms with Gasteiger partial charge in [0.25, 0.3) is 0 Å². The van der Waals surface area contributed by atoms with E-state index in [4.69, 9.17) is 0 Å². The standard InChI is InChI=1S/C13H18N4/c1-4-13(2,3)10-17-9-12(15-16-17)11-6-5-7-14-8-11/h5-9H,4,10H2,1-3H3. The predicted molar refractivity (Wildman–Crippen MR) is 67.3 cm³/mol. The molecular formula is C13H18N4. The van der Waals surface area contributed by atoms with Crippen molar-refractivity contribution >= 4 is 0 Å². The van der Waals surface area contributed by atoms with Crippen LogP contribution in [-0.4, -0.2) is 20.0 Å². The van der Waals surface area contributed by atoms with E-state index >= 15 is 0 Å². The van der Waals surface area contributed by atoms with Gasteiger partial charge in [-0.25, -0.2) is 0 Å². The van der Waals surface area contributed by atoms with Gasteiger partial charge in [0.1, 0.15) is 5.69 Å². The van der Waals surface area contributed by atoms with E-state index in [9.17, 15) is 0 Å². The molecule has 0 bridgehead atoms. The van der Waals surface area contributed by atoms with Crippen molar-refractivity contribution < 1.29 is 0 Å². The second-order valence-electron chi connectivity index (χ2n) is 5.06. The van der Waals surface area contributed by atoms with Gasteiger partial charge in [-0.05, 0) is 24.0 Å². The molecule has 0 N–H and O–H groups in total. The van der Waals surface area contributed by atoms with E-state index in [2.05, 4.69) is 36.1 Å². The average molecular weight is 230 g/mol. The van der Waals surface area contributed by atoms with E-state index in [1.54, 1.807) is 12.4 Å². The monoisotopic (exact) mass is 230 g/mol. The molecule has 0 atom stereocenters. The molecule has 0 aliphatic carbocycles. The van der Waals surface area contributed by atoms with Crippen molar-refractivity contribution in [2.75, 3.05) is 0 Å².